The SMILES string of the molecule is O=c1[nH]c(-c2ccc(C(F)(F)F)cc2)nc2c1CN(Cc1ccc([N+](=O)[O-])o1)CC2. The Kier molecular flexibility index (Phi) is 4.90. The van der Waals surface area contributed by atoms with Crippen molar-refractivity contribution >= 4 is 5.88 Å². The van der Waals surface area contributed by atoms with Crippen LogP contribution >= 0.6 is 0 Å². The van der Waals surface area contributed by atoms with Crippen LogP contribution in [0.5, 0.6) is 0 Å². The molecule has 2 aromatic heterocycles. The Morgan fingerprint density at radius 1 is 1.20 bits per heavy atom. The van der Waals surface area contributed by atoms with Crippen LogP contribution < -0.4 is 5.56 Å². The van der Waals surface area contributed by atoms with Crippen molar-refractivity contribution in [1.29, 1.82) is 0 Å². The van der Waals surface area contributed by atoms with Gasteiger partial charge in [-0.15, -0.1) is 0 Å². The predicted octanol–water partition coefficient (Wildman–Crippen LogP) is 3.52. The predicted molar refractivity (Wildman–Crippen MR) is 98.5 cm³/mol. The zero-order chi connectivity index (χ0) is 21.5. The molecule has 30 heavy (non-hydrogen) atoms. The summed E-state index contributed by atoms with van der Waals surface area (Å²) in [5, 5.41) is 10.7. The Labute approximate surface area is 167 Å². The maximum Gasteiger partial charge on any atom is 0.433 e. The van der Waals surface area contributed by atoms with Crippen LogP contribution in [0.15, 0.2) is 45.6 Å². The van der Waals surface area contributed by atoms with Gasteiger partial charge in [0.05, 0.1) is 29.4 Å². The molecule has 8 nitrogen and oxygen atoms in total. The summed E-state index contributed by atoms with van der Waals surface area (Å²) in [7, 11) is 0. The molecule has 0 aliphatic carbocycles. The fourth-order valence-electron chi connectivity index (χ4n) is 3.34. The molecule has 1 aromatic carbocycles. The quantitative estimate of drug-likeness (QED) is 0.512. The molecule has 0 bridgehead atoms. The van der Waals surface area contributed by atoms with E-state index >= 15 is 0 Å². The van der Waals surface area contributed by atoms with Crippen molar-refractivity contribution in [1.82, 2.24) is 14.9 Å². The topological polar surface area (TPSA) is 105 Å². The van der Waals surface area contributed by atoms with Gasteiger partial charge in [0.2, 0.25) is 0 Å². The fraction of sp³-hybridized carbons (Fsp3) is 0.263. The molecule has 0 atom stereocenters. The fourth-order valence-corrected chi connectivity index (χ4v) is 3.34. The molecule has 0 unspecified atom stereocenters. The second-order valence-corrected chi connectivity index (χ2v) is 6.87. The number of rotatable bonds is 4. The van der Waals surface area contributed by atoms with Gasteiger partial charge in [0.1, 0.15) is 16.5 Å². The van der Waals surface area contributed by atoms with E-state index in [-0.39, 0.29) is 23.8 Å². The number of H-pyrrole nitrogens is 1. The normalized spacial score (nSPS) is 14.5. The van der Waals surface area contributed by atoms with Gasteiger partial charge in [-0.2, -0.15) is 13.2 Å². The van der Waals surface area contributed by atoms with E-state index < -0.39 is 16.7 Å². The number of alkyl halides is 3. The van der Waals surface area contributed by atoms with E-state index in [1.54, 1.807) is 0 Å². The molecule has 3 heterocycles. The highest BCUT2D eigenvalue weighted by molar-refractivity contribution is 5.56. The highest BCUT2D eigenvalue weighted by Crippen LogP contribution is 2.30. The summed E-state index contributed by atoms with van der Waals surface area (Å²) in [6.07, 6.45) is -3.98. The van der Waals surface area contributed by atoms with Gasteiger partial charge in [-0.05, 0) is 18.2 Å². The van der Waals surface area contributed by atoms with Crippen molar-refractivity contribution < 1.29 is 22.5 Å². The second-order valence-electron chi connectivity index (χ2n) is 6.87. The summed E-state index contributed by atoms with van der Waals surface area (Å²) >= 11 is 0. The molecule has 0 spiro atoms. The first kappa shape index (κ1) is 19.8. The zero-order valence-electron chi connectivity index (χ0n) is 15.4. The van der Waals surface area contributed by atoms with Crippen molar-refractivity contribution in [2.75, 3.05) is 6.54 Å². The number of hydrogen-bond acceptors (Lipinski definition) is 6. The lowest BCUT2D eigenvalue weighted by Crippen LogP contribution is -2.35. The lowest BCUT2D eigenvalue weighted by Gasteiger charge is -2.26. The monoisotopic (exact) mass is 420 g/mol. The van der Waals surface area contributed by atoms with Crippen molar-refractivity contribution in [2.45, 2.75) is 25.7 Å². The van der Waals surface area contributed by atoms with Crippen LogP contribution in [0, 0.1) is 10.1 Å². The Balaban J connectivity index is 1.53. The van der Waals surface area contributed by atoms with Crippen LogP contribution in [-0.4, -0.2) is 26.3 Å². The Morgan fingerprint density at radius 3 is 2.57 bits per heavy atom. The van der Waals surface area contributed by atoms with E-state index in [0.717, 1.165) is 12.1 Å². The van der Waals surface area contributed by atoms with Crippen LogP contribution in [0.25, 0.3) is 11.4 Å². The van der Waals surface area contributed by atoms with E-state index in [2.05, 4.69) is 9.97 Å². The summed E-state index contributed by atoms with van der Waals surface area (Å²) in [6.45, 7) is 1.12. The Hall–Kier alpha value is -3.47. The van der Waals surface area contributed by atoms with E-state index in [1.807, 2.05) is 4.90 Å². The number of aromatic nitrogens is 2. The molecular formula is C19H15F3N4O4. The van der Waals surface area contributed by atoms with E-state index in [4.69, 9.17) is 4.42 Å². The van der Waals surface area contributed by atoms with Gasteiger partial charge in [0.25, 0.3) is 5.56 Å². The zero-order valence-corrected chi connectivity index (χ0v) is 15.4. The Bertz CT molecular complexity index is 1150. The highest BCUT2D eigenvalue weighted by atomic mass is 19.4. The van der Waals surface area contributed by atoms with Crippen LogP contribution in [0.2, 0.25) is 0 Å². The van der Waals surface area contributed by atoms with Gasteiger partial charge < -0.3 is 9.40 Å². The number of nitrogens with one attached hydrogen (secondary N) is 1. The van der Waals surface area contributed by atoms with Crippen LogP contribution in [0.3, 0.4) is 0 Å². The van der Waals surface area contributed by atoms with Crippen LogP contribution in [-0.2, 0) is 25.7 Å². The second kappa shape index (κ2) is 7.41. The molecule has 0 fully saturated rings. The van der Waals surface area contributed by atoms with Crippen molar-refractivity contribution in [3.05, 3.63) is 79.4 Å². The average Bonchev–Trinajstić information content (AvgIpc) is 3.16. The molecule has 0 amide bonds. The van der Waals surface area contributed by atoms with Gasteiger partial charge in [-0.25, -0.2) is 4.98 Å². The maximum absolute atomic E-state index is 12.7. The van der Waals surface area contributed by atoms with Gasteiger partial charge in [-0.3, -0.25) is 19.8 Å². The third kappa shape index (κ3) is 3.96. The molecule has 11 heteroatoms. The van der Waals surface area contributed by atoms with Crippen LogP contribution in [0.1, 0.15) is 22.6 Å². The molecule has 1 aliphatic heterocycles. The third-order valence-corrected chi connectivity index (χ3v) is 4.84. The first-order valence-corrected chi connectivity index (χ1v) is 8.96. The molecule has 156 valence electrons. The lowest BCUT2D eigenvalue weighted by molar-refractivity contribution is -0.402. The average molecular weight is 420 g/mol. The van der Waals surface area contributed by atoms with E-state index in [9.17, 15) is 28.1 Å². The van der Waals surface area contributed by atoms with E-state index in [0.29, 0.717) is 42.1 Å². The van der Waals surface area contributed by atoms with Crippen LogP contribution in [0.4, 0.5) is 19.1 Å². The summed E-state index contributed by atoms with van der Waals surface area (Å²) in [6, 6.07) is 7.22. The number of benzene rings is 1. The third-order valence-electron chi connectivity index (χ3n) is 4.84. The van der Waals surface area contributed by atoms with Gasteiger partial charge in [0.15, 0.2) is 0 Å². The van der Waals surface area contributed by atoms with Crippen molar-refractivity contribution in [2.24, 2.45) is 0 Å². The number of hydrogen-bond donors (Lipinski definition) is 1. The number of nitro groups is 1. The molecule has 1 aliphatic rings. The summed E-state index contributed by atoms with van der Waals surface area (Å²) in [5.74, 6) is 0.279. The number of aromatic amines is 1. The molecule has 3 aromatic rings. The minimum atomic E-state index is -4.44. The van der Waals surface area contributed by atoms with Gasteiger partial charge in [0, 0.05) is 25.1 Å². The standard InChI is InChI=1S/C19H15F3N4O4/c20-19(21,22)12-3-1-11(2-4-12)17-23-15-7-8-25(10-14(15)18(27)24-17)9-13-5-6-16(30-13)26(28)29/h1-6H,7-10H2,(H,23,24,27). The van der Waals surface area contributed by atoms with Crippen molar-refractivity contribution in [3.63, 3.8) is 0 Å². The van der Waals surface area contributed by atoms with E-state index in [1.165, 1.54) is 24.3 Å². The minimum absolute atomic E-state index is 0.211. The van der Waals surface area contributed by atoms with Gasteiger partial charge in [-0.1, -0.05) is 12.1 Å². The number of nitrogens with zero attached hydrogens (tertiary/aromatic N) is 3. The first-order valence-electron chi connectivity index (χ1n) is 8.96. The minimum Gasteiger partial charge on any atom is -0.404 e. The summed E-state index contributed by atoms with van der Waals surface area (Å²) in [4.78, 5) is 31.6. The highest BCUT2D eigenvalue weighted by Gasteiger charge is 2.30. The molecule has 0 saturated heterocycles. The molecule has 0 radical (unpaired) electrons. The number of halogens is 3. The van der Waals surface area contributed by atoms with Gasteiger partial charge >= 0.3 is 12.1 Å². The number of furan rings is 1. The number of fused-ring (bicyclic) bond motifs is 1. The lowest BCUT2D eigenvalue weighted by atomic mass is 10.1. The molecule has 1 N–H and O–H groups in total. The maximum atomic E-state index is 12.7. The summed E-state index contributed by atoms with van der Waals surface area (Å²) in [5.41, 5.74) is 0.270. The first-order chi connectivity index (χ1) is 14.2. The smallest absolute Gasteiger partial charge is 0.404 e. The molecule has 4 rings (SSSR count). The van der Waals surface area contributed by atoms with Crippen molar-refractivity contribution in [3.8, 4) is 11.4 Å². The largest absolute Gasteiger partial charge is 0.433 e. The molecular weight excluding hydrogens is 405 g/mol. The Morgan fingerprint density at radius 2 is 1.93 bits per heavy atom. The molecule has 0 saturated carbocycles. The summed E-state index contributed by atoms with van der Waals surface area (Å²) < 4.78 is 43.3.